The first kappa shape index (κ1) is 17.4. The van der Waals surface area contributed by atoms with Crippen molar-refractivity contribution in [3.63, 3.8) is 0 Å². The van der Waals surface area contributed by atoms with Gasteiger partial charge in [-0.05, 0) is 44.0 Å². The van der Waals surface area contributed by atoms with Gasteiger partial charge >= 0.3 is 0 Å². The smallest absolute Gasteiger partial charge is 0.272 e. The average Bonchev–Trinajstić information content (AvgIpc) is 2.51. The van der Waals surface area contributed by atoms with E-state index in [1.54, 1.807) is 30.0 Å². The number of hydrogen-bond acceptors (Lipinski definition) is 4. The molecule has 1 aromatic carbocycles. The summed E-state index contributed by atoms with van der Waals surface area (Å²) < 4.78 is 0. The Morgan fingerprint density at radius 3 is 2.52 bits per heavy atom. The molecule has 0 aliphatic carbocycles. The lowest BCUT2D eigenvalue weighted by atomic mass is 10.2. The van der Waals surface area contributed by atoms with E-state index in [-0.39, 0.29) is 12.5 Å². The van der Waals surface area contributed by atoms with Gasteiger partial charge in [0.15, 0.2) is 0 Å². The van der Waals surface area contributed by atoms with E-state index in [4.69, 9.17) is 16.7 Å². The van der Waals surface area contributed by atoms with Crippen molar-refractivity contribution < 1.29 is 9.90 Å². The third-order valence-corrected chi connectivity index (χ3v) is 3.60. The number of carbonyl (C=O) groups is 1. The van der Waals surface area contributed by atoms with Crippen molar-refractivity contribution in [2.45, 2.75) is 26.8 Å². The maximum absolute atomic E-state index is 12.8. The van der Waals surface area contributed by atoms with E-state index in [1.807, 2.05) is 19.1 Å². The summed E-state index contributed by atoms with van der Waals surface area (Å²) >= 11 is 5.89. The van der Waals surface area contributed by atoms with Crippen molar-refractivity contribution in [2.75, 3.05) is 13.2 Å². The maximum atomic E-state index is 12.8. The summed E-state index contributed by atoms with van der Waals surface area (Å²) in [7, 11) is 0. The van der Waals surface area contributed by atoms with Gasteiger partial charge in [0.2, 0.25) is 0 Å². The highest BCUT2D eigenvalue weighted by atomic mass is 35.5. The van der Waals surface area contributed by atoms with Crippen LogP contribution in [0.25, 0.3) is 0 Å². The van der Waals surface area contributed by atoms with Crippen molar-refractivity contribution in [1.82, 2.24) is 14.9 Å². The standard InChI is InChI=1S/C17H20ClN3O2/c1-12-10-16(20-13(2)19-12)17(23)21(8-3-9-22)11-14-4-6-15(18)7-5-14/h4-7,10,22H,3,8-9,11H2,1-2H3. The predicted octanol–water partition coefficient (Wildman–Crippen LogP) is 2.77. The van der Waals surface area contributed by atoms with E-state index in [1.165, 1.54) is 0 Å². The van der Waals surface area contributed by atoms with Crippen LogP contribution in [0.3, 0.4) is 0 Å². The summed E-state index contributed by atoms with van der Waals surface area (Å²) in [6.45, 7) is 4.54. The number of carbonyl (C=O) groups excluding carboxylic acids is 1. The molecular weight excluding hydrogens is 314 g/mol. The minimum Gasteiger partial charge on any atom is -0.396 e. The molecule has 0 unspecified atom stereocenters. The molecule has 2 aromatic rings. The van der Waals surface area contributed by atoms with E-state index in [0.717, 1.165) is 11.3 Å². The number of hydrogen-bond donors (Lipinski definition) is 1. The Morgan fingerprint density at radius 2 is 1.91 bits per heavy atom. The Labute approximate surface area is 141 Å². The molecule has 0 atom stereocenters. The van der Waals surface area contributed by atoms with Gasteiger partial charge in [0.1, 0.15) is 11.5 Å². The fourth-order valence-electron chi connectivity index (χ4n) is 2.31. The molecule has 1 N–H and O–H groups in total. The van der Waals surface area contributed by atoms with Gasteiger partial charge in [-0.15, -0.1) is 0 Å². The molecule has 1 heterocycles. The molecule has 0 aliphatic heterocycles. The molecule has 0 aliphatic rings. The Morgan fingerprint density at radius 1 is 1.22 bits per heavy atom. The minimum absolute atomic E-state index is 0.0340. The largest absolute Gasteiger partial charge is 0.396 e. The predicted molar refractivity (Wildman–Crippen MR) is 89.4 cm³/mol. The molecule has 6 heteroatoms. The van der Waals surface area contributed by atoms with E-state index in [0.29, 0.717) is 36.1 Å². The van der Waals surface area contributed by atoms with Crippen LogP contribution in [0.2, 0.25) is 5.02 Å². The number of aliphatic hydroxyl groups excluding tert-OH is 1. The van der Waals surface area contributed by atoms with Crippen molar-refractivity contribution in [3.05, 3.63) is 58.1 Å². The number of amides is 1. The molecule has 0 bridgehead atoms. The lowest BCUT2D eigenvalue weighted by Crippen LogP contribution is -2.33. The Bertz CT molecular complexity index is 654. The van der Waals surface area contributed by atoms with E-state index < -0.39 is 0 Å². The van der Waals surface area contributed by atoms with Crippen molar-refractivity contribution in [2.24, 2.45) is 0 Å². The van der Waals surface area contributed by atoms with E-state index >= 15 is 0 Å². The fraction of sp³-hybridized carbons (Fsp3) is 0.353. The van der Waals surface area contributed by atoms with Gasteiger partial charge in [-0.1, -0.05) is 23.7 Å². The molecule has 23 heavy (non-hydrogen) atoms. The number of benzene rings is 1. The summed E-state index contributed by atoms with van der Waals surface area (Å²) in [6, 6.07) is 9.05. The monoisotopic (exact) mass is 333 g/mol. The van der Waals surface area contributed by atoms with Crippen LogP contribution in [-0.4, -0.2) is 39.0 Å². The Hall–Kier alpha value is -1.98. The van der Waals surface area contributed by atoms with Crippen LogP contribution in [0.15, 0.2) is 30.3 Å². The highest BCUT2D eigenvalue weighted by Crippen LogP contribution is 2.14. The number of aryl methyl sites for hydroxylation is 2. The average molecular weight is 334 g/mol. The normalized spacial score (nSPS) is 10.6. The second-order valence-corrected chi connectivity index (χ2v) is 5.81. The van der Waals surface area contributed by atoms with Crippen LogP contribution in [0.1, 0.15) is 34.0 Å². The lowest BCUT2D eigenvalue weighted by Gasteiger charge is -2.22. The van der Waals surface area contributed by atoms with Gasteiger partial charge in [-0.25, -0.2) is 9.97 Å². The molecule has 0 spiro atoms. The van der Waals surface area contributed by atoms with E-state index in [9.17, 15) is 4.79 Å². The zero-order valence-electron chi connectivity index (χ0n) is 13.3. The number of aliphatic hydroxyl groups is 1. The number of nitrogens with zero attached hydrogens (tertiary/aromatic N) is 3. The van der Waals surface area contributed by atoms with Crippen molar-refractivity contribution >= 4 is 17.5 Å². The van der Waals surface area contributed by atoms with Crippen LogP contribution >= 0.6 is 11.6 Å². The molecule has 0 saturated heterocycles. The molecule has 1 amide bonds. The maximum Gasteiger partial charge on any atom is 0.272 e. The topological polar surface area (TPSA) is 66.3 Å². The van der Waals surface area contributed by atoms with Gasteiger partial charge in [0.25, 0.3) is 5.91 Å². The molecule has 5 nitrogen and oxygen atoms in total. The Balaban J connectivity index is 2.22. The van der Waals surface area contributed by atoms with Gasteiger partial charge < -0.3 is 10.0 Å². The second kappa shape index (κ2) is 8.04. The Kier molecular flexibility index (Phi) is 6.07. The molecule has 0 saturated carbocycles. The number of aromatic nitrogens is 2. The summed E-state index contributed by atoms with van der Waals surface area (Å²) in [4.78, 5) is 22.9. The summed E-state index contributed by atoms with van der Waals surface area (Å²) in [5.41, 5.74) is 2.11. The second-order valence-electron chi connectivity index (χ2n) is 5.37. The van der Waals surface area contributed by atoms with Gasteiger partial charge in [-0.2, -0.15) is 0 Å². The van der Waals surface area contributed by atoms with Crippen LogP contribution in [0.5, 0.6) is 0 Å². The first-order valence-corrected chi connectivity index (χ1v) is 7.84. The van der Waals surface area contributed by atoms with Gasteiger partial charge in [0, 0.05) is 30.4 Å². The molecular formula is C17H20ClN3O2. The zero-order valence-corrected chi connectivity index (χ0v) is 14.0. The van der Waals surface area contributed by atoms with Crippen LogP contribution < -0.4 is 0 Å². The van der Waals surface area contributed by atoms with Gasteiger partial charge in [-0.3, -0.25) is 4.79 Å². The van der Waals surface area contributed by atoms with Crippen molar-refractivity contribution in [1.29, 1.82) is 0 Å². The summed E-state index contributed by atoms with van der Waals surface area (Å²) in [5.74, 6) is 0.406. The highest BCUT2D eigenvalue weighted by molar-refractivity contribution is 6.30. The first-order chi connectivity index (χ1) is 11.0. The number of rotatable bonds is 6. The zero-order chi connectivity index (χ0) is 16.8. The molecule has 122 valence electrons. The SMILES string of the molecule is Cc1cc(C(=O)N(CCCO)Cc2ccc(Cl)cc2)nc(C)n1. The number of halogens is 1. The van der Waals surface area contributed by atoms with Crippen molar-refractivity contribution in [3.8, 4) is 0 Å². The molecule has 0 fully saturated rings. The van der Waals surface area contributed by atoms with Gasteiger partial charge in [0.05, 0.1) is 0 Å². The summed E-state index contributed by atoms with van der Waals surface area (Å²) in [5, 5.41) is 9.73. The first-order valence-electron chi connectivity index (χ1n) is 7.46. The van der Waals surface area contributed by atoms with Crippen LogP contribution in [0.4, 0.5) is 0 Å². The quantitative estimate of drug-likeness (QED) is 0.882. The highest BCUT2D eigenvalue weighted by Gasteiger charge is 2.18. The lowest BCUT2D eigenvalue weighted by molar-refractivity contribution is 0.0725. The molecule has 2 rings (SSSR count). The van der Waals surface area contributed by atoms with Crippen LogP contribution in [-0.2, 0) is 6.54 Å². The fourth-order valence-corrected chi connectivity index (χ4v) is 2.44. The molecule has 1 aromatic heterocycles. The van der Waals surface area contributed by atoms with Crippen LogP contribution in [0, 0.1) is 13.8 Å². The summed E-state index contributed by atoms with van der Waals surface area (Å²) in [6.07, 6.45) is 0.516. The molecule has 0 radical (unpaired) electrons. The third kappa shape index (κ3) is 5.01. The third-order valence-electron chi connectivity index (χ3n) is 3.35. The minimum atomic E-state index is -0.165. The van der Waals surface area contributed by atoms with E-state index in [2.05, 4.69) is 9.97 Å².